The van der Waals surface area contributed by atoms with E-state index in [1.54, 1.807) is 6.21 Å². The maximum atomic E-state index is 11.3. The van der Waals surface area contributed by atoms with Crippen LogP contribution < -0.4 is 0 Å². The summed E-state index contributed by atoms with van der Waals surface area (Å²) in [5, 5.41) is 11.3. The molecule has 2 heteroatoms. The van der Waals surface area contributed by atoms with E-state index in [1.165, 1.54) is 23.7 Å². The molecule has 0 heterocycles. The molecular formula is C17H27NO. The molecule has 0 bridgehead atoms. The van der Waals surface area contributed by atoms with Gasteiger partial charge in [0.2, 0.25) is 0 Å². The van der Waals surface area contributed by atoms with Crippen molar-refractivity contribution in [2.75, 3.05) is 7.05 Å². The highest BCUT2D eigenvalue weighted by molar-refractivity contribution is 5.77. The van der Waals surface area contributed by atoms with Gasteiger partial charge in [-0.05, 0) is 46.6 Å². The molecular weight excluding hydrogens is 234 g/mol. The van der Waals surface area contributed by atoms with Crippen molar-refractivity contribution in [2.24, 2.45) is 0 Å². The summed E-state index contributed by atoms with van der Waals surface area (Å²) in [5.41, 5.74) is 5.11. The predicted octanol–water partition coefficient (Wildman–Crippen LogP) is 4.15. The molecule has 0 aliphatic rings. The summed E-state index contributed by atoms with van der Waals surface area (Å²) in [6, 6.07) is 4.28. The molecule has 19 heavy (non-hydrogen) atoms. The summed E-state index contributed by atoms with van der Waals surface area (Å²) >= 11 is 0. The van der Waals surface area contributed by atoms with Crippen molar-refractivity contribution in [3.8, 4) is 0 Å². The monoisotopic (exact) mass is 261 g/mol. The summed E-state index contributed by atoms with van der Waals surface area (Å²) in [6.45, 7) is 15.5. The Morgan fingerprint density at radius 3 is 1.58 bits per heavy atom. The van der Waals surface area contributed by atoms with E-state index >= 15 is 0 Å². The first-order valence-electron chi connectivity index (χ1n) is 6.83. The third-order valence-corrected chi connectivity index (χ3v) is 3.38. The minimum Gasteiger partial charge on any atom is -0.624 e. The maximum Gasteiger partial charge on any atom is 0.181 e. The Morgan fingerprint density at radius 1 is 0.947 bits per heavy atom. The van der Waals surface area contributed by atoms with Crippen LogP contribution in [-0.4, -0.2) is 18.0 Å². The largest absolute Gasteiger partial charge is 0.624 e. The molecule has 0 unspecified atom stereocenters. The molecule has 0 amide bonds. The van der Waals surface area contributed by atoms with Gasteiger partial charge in [-0.1, -0.05) is 41.5 Å². The molecule has 1 aromatic rings. The number of hydroxylamine groups is 1. The zero-order chi connectivity index (χ0) is 15.0. The summed E-state index contributed by atoms with van der Waals surface area (Å²) < 4.78 is 0.865. The zero-order valence-electron chi connectivity index (χ0n) is 13.6. The van der Waals surface area contributed by atoms with Crippen LogP contribution in [0.2, 0.25) is 0 Å². The lowest BCUT2D eigenvalue weighted by Gasteiger charge is -2.29. The van der Waals surface area contributed by atoms with Crippen LogP contribution in [0.15, 0.2) is 12.1 Å². The molecule has 0 spiro atoms. The minimum absolute atomic E-state index is 0.0788. The van der Waals surface area contributed by atoms with E-state index in [0.29, 0.717) is 0 Å². The number of hydrogen-bond donors (Lipinski definition) is 0. The topological polar surface area (TPSA) is 26.1 Å². The number of hydrogen-bond acceptors (Lipinski definition) is 1. The third kappa shape index (κ3) is 3.82. The lowest BCUT2D eigenvalue weighted by Crippen LogP contribution is -2.20. The first-order valence-corrected chi connectivity index (χ1v) is 6.83. The van der Waals surface area contributed by atoms with Crippen LogP contribution in [-0.2, 0) is 10.8 Å². The molecule has 106 valence electrons. The molecule has 0 aliphatic heterocycles. The molecule has 0 saturated heterocycles. The highest BCUT2D eigenvalue weighted by atomic mass is 16.5. The average Bonchev–Trinajstić information content (AvgIpc) is 2.16. The number of rotatable bonds is 1. The number of benzene rings is 1. The van der Waals surface area contributed by atoms with Gasteiger partial charge in [0.05, 0.1) is 0 Å². The van der Waals surface area contributed by atoms with Crippen molar-refractivity contribution < 1.29 is 4.74 Å². The highest BCUT2D eigenvalue weighted by Crippen LogP contribution is 2.34. The Balaban J connectivity index is 3.62. The Kier molecular flexibility index (Phi) is 4.14. The zero-order valence-corrected chi connectivity index (χ0v) is 13.6. The molecule has 2 nitrogen and oxygen atoms in total. The second kappa shape index (κ2) is 4.99. The molecule has 1 rings (SSSR count). The molecule has 0 aliphatic carbocycles. The second-order valence-electron chi connectivity index (χ2n) is 7.42. The van der Waals surface area contributed by atoms with Gasteiger partial charge in [-0.3, -0.25) is 0 Å². The molecule has 0 fully saturated rings. The van der Waals surface area contributed by atoms with E-state index in [2.05, 4.69) is 60.6 Å². The van der Waals surface area contributed by atoms with Crippen molar-refractivity contribution in [3.05, 3.63) is 39.6 Å². The molecule has 0 saturated carbocycles. The summed E-state index contributed by atoms with van der Waals surface area (Å²) in [4.78, 5) is 0. The van der Waals surface area contributed by atoms with Crippen molar-refractivity contribution in [1.29, 1.82) is 0 Å². The standard InChI is InChI=1S/C17H27NO/c1-12-14(16(2,3)4)9-13(11-18(8)19)10-15(12)17(5,6)7/h9-11H,1-8H3/b18-11+. The van der Waals surface area contributed by atoms with Gasteiger partial charge < -0.3 is 5.21 Å². The van der Waals surface area contributed by atoms with Gasteiger partial charge in [0.15, 0.2) is 6.21 Å². The van der Waals surface area contributed by atoms with Gasteiger partial charge in [-0.25, -0.2) is 4.74 Å². The second-order valence-corrected chi connectivity index (χ2v) is 7.42. The van der Waals surface area contributed by atoms with Crippen LogP contribution >= 0.6 is 0 Å². The fourth-order valence-corrected chi connectivity index (χ4v) is 2.58. The van der Waals surface area contributed by atoms with E-state index in [9.17, 15) is 5.21 Å². The van der Waals surface area contributed by atoms with E-state index in [-0.39, 0.29) is 10.8 Å². The molecule has 0 atom stereocenters. The molecule has 1 aromatic carbocycles. The lowest BCUT2D eigenvalue weighted by atomic mass is 9.76. The van der Waals surface area contributed by atoms with Crippen LogP contribution in [0.5, 0.6) is 0 Å². The Morgan fingerprint density at radius 2 is 1.32 bits per heavy atom. The van der Waals surface area contributed by atoms with Crippen molar-refractivity contribution >= 4 is 6.21 Å². The van der Waals surface area contributed by atoms with E-state index in [0.717, 1.165) is 10.3 Å². The fourth-order valence-electron chi connectivity index (χ4n) is 2.58. The van der Waals surface area contributed by atoms with Gasteiger partial charge in [0.1, 0.15) is 7.05 Å². The summed E-state index contributed by atoms with van der Waals surface area (Å²) in [6.07, 6.45) is 1.64. The number of nitrogens with zero attached hydrogens (tertiary/aromatic N) is 1. The smallest absolute Gasteiger partial charge is 0.181 e. The van der Waals surface area contributed by atoms with Crippen LogP contribution in [0.1, 0.15) is 63.8 Å². The fraction of sp³-hybridized carbons (Fsp3) is 0.588. The van der Waals surface area contributed by atoms with Crippen LogP contribution in [0.3, 0.4) is 0 Å². The average molecular weight is 261 g/mol. The minimum atomic E-state index is 0.0788. The highest BCUT2D eigenvalue weighted by Gasteiger charge is 2.24. The van der Waals surface area contributed by atoms with Crippen molar-refractivity contribution in [2.45, 2.75) is 59.3 Å². The third-order valence-electron chi connectivity index (χ3n) is 3.38. The predicted molar refractivity (Wildman–Crippen MR) is 83.3 cm³/mol. The van der Waals surface area contributed by atoms with Crippen LogP contribution in [0.4, 0.5) is 0 Å². The normalized spacial score (nSPS) is 13.8. The van der Waals surface area contributed by atoms with Crippen molar-refractivity contribution in [3.63, 3.8) is 0 Å². The van der Waals surface area contributed by atoms with Crippen LogP contribution in [0.25, 0.3) is 0 Å². The summed E-state index contributed by atoms with van der Waals surface area (Å²) in [5.74, 6) is 0. The van der Waals surface area contributed by atoms with Gasteiger partial charge in [0.25, 0.3) is 0 Å². The van der Waals surface area contributed by atoms with Crippen LogP contribution in [0, 0.1) is 12.1 Å². The maximum absolute atomic E-state index is 11.3. The van der Waals surface area contributed by atoms with Gasteiger partial charge in [-0.15, -0.1) is 0 Å². The Labute approximate surface area is 117 Å². The van der Waals surface area contributed by atoms with Gasteiger partial charge in [-0.2, -0.15) is 0 Å². The van der Waals surface area contributed by atoms with E-state index in [4.69, 9.17) is 0 Å². The first-order chi connectivity index (χ1) is 8.43. The SMILES string of the molecule is Cc1c(C(C)(C)C)cc(/C=[N+](\C)[O-])cc1C(C)(C)C. The lowest BCUT2D eigenvalue weighted by molar-refractivity contribution is -0.416. The summed E-state index contributed by atoms with van der Waals surface area (Å²) in [7, 11) is 1.52. The van der Waals surface area contributed by atoms with E-state index in [1.807, 2.05) is 0 Å². The van der Waals surface area contributed by atoms with Gasteiger partial charge in [0, 0.05) is 5.56 Å². The molecule has 0 radical (unpaired) electrons. The Bertz CT molecular complexity index is 460. The Hall–Kier alpha value is -1.31. The van der Waals surface area contributed by atoms with Gasteiger partial charge >= 0.3 is 0 Å². The quantitative estimate of drug-likeness (QED) is 0.323. The molecule has 0 N–H and O–H groups in total. The van der Waals surface area contributed by atoms with Crippen molar-refractivity contribution in [1.82, 2.24) is 0 Å². The molecule has 0 aromatic heterocycles. The first kappa shape index (κ1) is 15.7. The van der Waals surface area contributed by atoms with E-state index < -0.39 is 0 Å².